The molecule has 0 spiro atoms. The molecular formula is C9H17NO2. The van der Waals surface area contributed by atoms with Crippen LogP contribution >= 0.6 is 0 Å². The molecule has 12 heavy (non-hydrogen) atoms. The molecule has 70 valence electrons. The Bertz CT molecular complexity index is 175. The molecule has 0 aromatic rings. The molecule has 2 N–H and O–H groups in total. The number of primary amides is 1. The Morgan fingerprint density at radius 2 is 1.83 bits per heavy atom. The summed E-state index contributed by atoms with van der Waals surface area (Å²) in [6.07, 6.45) is 0.778. The van der Waals surface area contributed by atoms with Gasteiger partial charge in [-0.1, -0.05) is 20.8 Å². The first-order valence-corrected chi connectivity index (χ1v) is 4.30. The molecule has 0 radical (unpaired) electrons. The fourth-order valence-electron chi connectivity index (χ4n) is 1.05. The molecule has 0 aliphatic rings. The molecule has 0 heterocycles. The number of carbonyl (C=O) groups is 2. The summed E-state index contributed by atoms with van der Waals surface area (Å²) in [5.41, 5.74) is 5.15. The summed E-state index contributed by atoms with van der Waals surface area (Å²) in [4.78, 5) is 21.9. The average molecular weight is 171 g/mol. The minimum absolute atomic E-state index is 0.104. The number of ketones is 1. The van der Waals surface area contributed by atoms with Gasteiger partial charge >= 0.3 is 0 Å². The third-order valence-corrected chi connectivity index (χ3v) is 2.01. The number of hydrogen-bond acceptors (Lipinski definition) is 2. The molecule has 1 atom stereocenters. The summed E-state index contributed by atoms with van der Waals surface area (Å²) in [6, 6.07) is 0. The number of hydrogen-bond donors (Lipinski definition) is 1. The fraction of sp³-hybridized carbons (Fsp3) is 0.778. The summed E-state index contributed by atoms with van der Waals surface area (Å²) >= 11 is 0. The van der Waals surface area contributed by atoms with Crippen molar-refractivity contribution in [2.45, 2.75) is 33.6 Å². The smallest absolute Gasteiger partial charge is 0.221 e. The first-order valence-electron chi connectivity index (χ1n) is 4.30. The van der Waals surface area contributed by atoms with Crippen molar-refractivity contribution in [3.05, 3.63) is 0 Å². The Labute approximate surface area is 73.3 Å². The molecular weight excluding hydrogens is 154 g/mol. The van der Waals surface area contributed by atoms with Gasteiger partial charge in [-0.3, -0.25) is 9.59 Å². The maximum Gasteiger partial charge on any atom is 0.221 e. The molecule has 3 heteroatoms. The number of rotatable bonds is 5. The number of amides is 1. The fourth-order valence-corrected chi connectivity index (χ4v) is 1.05. The van der Waals surface area contributed by atoms with Gasteiger partial charge in [0, 0.05) is 18.8 Å². The van der Waals surface area contributed by atoms with Crippen molar-refractivity contribution < 1.29 is 9.59 Å². The van der Waals surface area contributed by atoms with E-state index in [4.69, 9.17) is 5.73 Å². The zero-order chi connectivity index (χ0) is 9.72. The normalized spacial score (nSPS) is 13.0. The zero-order valence-electron chi connectivity index (χ0n) is 7.96. The molecule has 3 nitrogen and oxygen atoms in total. The van der Waals surface area contributed by atoms with Gasteiger partial charge in [0.05, 0.1) is 0 Å². The van der Waals surface area contributed by atoms with Crippen LogP contribution in [0, 0.1) is 11.8 Å². The third-order valence-electron chi connectivity index (χ3n) is 2.01. The van der Waals surface area contributed by atoms with Crippen molar-refractivity contribution in [2.24, 2.45) is 17.6 Å². The van der Waals surface area contributed by atoms with Crippen LogP contribution in [0.2, 0.25) is 0 Å². The lowest BCUT2D eigenvalue weighted by Crippen LogP contribution is -2.29. The van der Waals surface area contributed by atoms with Gasteiger partial charge in [0.2, 0.25) is 5.91 Å². The van der Waals surface area contributed by atoms with Crippen LogP contribution in [0.15, 0.2) is 0 Å². The van der Waals surface area contributed by atoms with Crippen LogP contribution < -0.4 is 5.73 Å². The lowest BCUT2D eigenvalue weighted by atomic mass is 9.90. The van der Waals surface area contributed by atoms with E-state index in [0.29, 0.717) is 12.8 Å². The van der Waals surface area contributed by atoms with Crippen molar-refractivity contribution in [3.63, 3.8) is 0 Å². The van der Waals surface area contributed by atoms with Crippen LogP contribution in [-0.4, -0.2) is 11.7 Å². The van der Waals surface area contributed by atoms with E-state index in [2.05, 4.69) is 0 Å². The van der Waals surface area contributed by atoms with Crippen molar-refractivity contribution in [3.8, 4) is 0 Å². The largest absolute Gasteiger partial charge is 0.369 e. The Hall–Kier alpha value is -0.860. The van der Waals surface area contributed by atoms with Crippen molar-refractivity contribution in [1.29, 1.82) is 0 Å². The second-order valence-corrected chi connectivity index (χ2v) is 3.35. The predicted molar refractivity (Wildman–Crippen MR) is 47.4 cm³/mol. The molecule has 0 saturated heterocycles. The third kappa shape index (κ3) is 3.51. The van der Waals surface area contributed by atoms with Crippen molar-refractivity contribution in [2.75, 3.05) is 0 Å². The standard InChI is InChI=1S/C9H17NO2/c1-4-7(11)5-8(6(2)3)9(10)12/h6,8H,4-5H2,1-3H3,(H2,10,12). The van der Waals surface area contributed by atoms with Crippen LogP contribution in [0.5, 0.6) is 0 Å². The number of carbonyl (C=O) groups excluding carboxylic acids is 2. The molecule has 0 aromatic carbocycles. The summed E-state index contributed by atoms with van der Waals surface area (Å²) in [5.74, 6) is -0.408. The van der Waals surface area contributed by atoms with Gasteiger partial charge < -0.3 is 5.73 Å². The van der Waals surface area contributed by atoms with Crippen molar-refractivity contribution in [1.82, 2.24) is 0 Å². The van der Waals surface area contributed by atoms with Gasteiger partial charge in [0.15, 0.2) is 0 Å². The van der Waals surface area contributed by atoms with E-state index in [1.165, 1.54) is 0 Å². The van der Waals surface area contributed by atoms with E-state index in [1.807, 2.05) is 13.8 Å². The highest BCUT2D eigenvalue weighted by molar-refractivity contribution is 5.85. The minimum Gasteiger partial charge on any atom is -0.369 e. The molecule has 0 aliphatic carbocycles. The highest BCUT2D eigenvalue weighted by atomic mass is 16.1. The Morgan fingerprint density at radius 1 is 1.33 bits per heavy atom. The van der Waals surface area contributed by atoms with E-state index in [0.717, 1.165) is 0 Å². The van der Waals surface area contributed by atoms with E-state index in [9.17, 15) is 9.59 Å². The monoisotopic (exact) mass is 171 g/mol. The van der Waals surface area contributed by atoms with Crippen LogP contribution in [0.25, 0.3) is 0 Å². The average Bonchev–Trinajstić information content (AvgIpc) is 1.98. The molecule has 1 unspecified atom stereocenters. The Balaban J connectivity index is 4.14. The summed E-state index contributed by atoms with van der Waals surface area (Å²) in [6.45, 7) is 5.59. The van der Waals surface area contributed by atoms with E-state index >= 15 is 0 Å². The molecule has 1 amide bonds. The lowest BCUT2D eigenvalue weighted by molar-refractivity contribution is -0.128. The van der Waals surface area contributed by atoms with Gasteiger partial charge in [0.25, 0.3) is 0 Å². The topological polar surface area (TPSA) is 60.2 Å². The predicted octanol–water partition coefficient (Wildman–Crippen LogP) is 1.11. The maximum absolute atomic E-state index is 11.0. The van der Waals surface area contributed by atoms with Crippen LogP contribution in [0.1, 0.15) is 33.6 Å². The first kappa shape index (κ1) is 11.1. The van der Waals surface area contributed by atoms with Gasteiger partial charge in [-0.25, -0.2) is 0 Å². The Morgan fingerprint density at radius 3 is 2.08 bits per heavy atom. The lowest BCUT2D eigenvalue weighted by Gasteiger charge is -2.15. The van der Waals surface area contributed by atoms with Gasteiger partial charge in [-0.15, -0.1) is 0 Å². The molecule has 0 aromatic heterocycles. The highest BCUT2D eigenvalue weighted by Gasteiger charge is 2.21. The SMILES string of the molecule is CCC(=O)CC(C(N)=O)C(C)C. The van der Waals surface area contributed by atoms with Crippen molar-refractivity contribution >= 4 is 11.7 Å². The second-order valence-electron chi connectivity index (χ2n) is 3.35. The van der Waals surface area contributed by atoms with Gasteiger partial charge in [-0.05, 0) is 5.92 Å². The Kier molecular flexibility index (Phi) is 4.55. The number of Topliss-reactive ketones (excluding diaryl/α,β-unsaturated/α-hetero) is 1. The summed E-state index contributed by atoms with van der Waals surface area (Å²) in [5, 5.41) is 0. The second kappa shape index (κ2) is 4.91. The van der Waals surface area contributed by atoms with Crippen LogP contribution in [0.3, 0.4) is 0 Å². The molecule has 0 bridgehead atoms. The maximum atomic E-state index is 11.0. The molecule has 0 saturated carbocycles. The zero-order valence-corrected chi connectivity index (χ0v) is 7.96. The van der Waals surface area contributed by atoms with Gasteiger partial charge in [-0.2, -0.15) is 0 Å². The van der Waals surface area contributed by atoms with E-state index in [-0.39, 0.29) is 23.5 Å². The number of nitrogens with two attached hydrogens (primary N) is 1. The highest BCUT2D eigenvalue weighted by Crippen LogP contribution is 2.15. The molecule has 0 fully saturated rings. The summed E-state index contributed by atoms with van der Waals surface area (Å²) in [7, 11) is 0. The minimum atomic E-state index is -0.369. The summed E-state index contributed by atoms with van der Waals surface area (Å²) < 4.78 is 0. The van der Waals surface area contributed by atoms with Crippen LogP contribution in [-0.2, 0) is 9.59 Å². The quantitative estimate of drug-likeness (QED) is 0.673. The first-order chi connectivity index (χ1) is 5.49. The van der Waals surface area contributed by atoms with E-state index in [1.54, 1.807) is 6.92 Å². The molecule has 0 aliphatic heterocycles. The van der Waals surface area contributed by atoms with Gasteiger partial charge in [0.1, 0.15) is 5.78 Å². The molecule has 0 rings (SSSR count). The van der Waals surface area contributed by atoms with E-state index < -0.39 is 0 Å². The van der Waals surface area contributed by atoms with Crippen LogP contribution in [0.4, 0.5) is 0 Å².